The number of aromatic nitrogens is 1. The highest BCUT2D eigenvalue weighted by atomic mass is 32.1. The first kappa shape index (κ1) is 18.6. The van der Waals surface area contributed by atoms with Gasteiger partial charge in [-0.2, -0.15) is 0 Å². The minimum Gasteiger partial charge on any atom is -0.350 e. The number of amides is 2. The van der Waals surface area contributed by atoms with Gasteiger partial charge >= 0.3 is 0 Å². The van der Waals surface area contributed by atoms with E-state index >= 15 is 0 Å². The van der Waals surface area contributed by atoms with Crippen LogP contribution in [0.5, 0.6) is 0 Å². The molecule has 1 aliphatic rings. The zero-order valence-corrected chi connectivity index (χ0v) is 16.0. The van der Waals surface area contributed by atoms with Gasteiger partial charge in [-0.1, -0.05) is 24.3 Å². The molecule has 0 unspecified atom stereocenters. The van der Waals surface area contributed by atoms with Gasteiger partial charge < -0.3 is 10.2 Å². The summed E-state index contributed by atoms with van der Waals surface area (Å²) in [6, 6.07) is 13.7. The number of hydrogen-bond acceptors (Lipinski definition) is 4. The lowest BCUT2D eigenvalue weighted by atomic mass is 9.96. The standard InChI is InChI=1S/C21H20FN3O2S/c22-16-6-2-1-5-15(16)21(27)25-11-9-14(10-12-25)13-23-19(26)20-24-17-7-3-4-8-18(17)28-20/h1-8,14H,9-13H2,(H,23,26). The van der Waals surface area contributed by atoms with Crippen LogP contribution in [0.1, 0.15) is 33.0 Å². The summed E-state index contributed by atoms with van der Waals surface area (Å²) < 4.78 is 14.8. The van der Waals surface area contributed by atoms with Gasteiger partial charge in [0.1, 0.15) is 5.82 Å². The third kappa shape index (κ3) is 3.89. The lowest BCUT2D eigenvalue weighted by Crippen LogP contribution is -2.41. The van der Waals surface area contributed by atoms with E-state index in [1.54, 1.807) is 17.0 Å². The van der Waals surface area contributed by atoms with E-state index in [0.29, 0.717) is 30.6 Å². The highest BCUT2D eigenvalue weighted by Crippen LogP contribution is 2.22. The van der Waals surface area contributed by atoms with Gasteiger partial charge in [0.05, 0.1) is 15.8 Å². The van der Waals surface area contributed by atoms with Crippen molar-refractivity contribution in [3.8, 4) is 0 Å². The molecule has 0 radical (unpaired) electrons. The largest absolute Gasteiger partial charge is 0.350 e. The lowest BCUT2D eigenvalue weighted by molar-refractivity contribution is 0.0679. The fourth-order valence-electron chi connectivity index (χ4n) is 3.43. The van der Waals surface area contributed by atoms with E-state index in [0.717, 1.165) is 23.1 Å². The van der Waals surface area contributed by atoms with E-state index < -0.39 is 5.82 Å². The molecule has 0 atom stereocenters. The Morgan fingerprint density at radius 2 is 1.82 bits per heavy atom. The molecule has 1 saturated heterocycles. The molecule has 1 aromatic heterocycles. The van der Waals surface area contributed by atoms with Crippen LogP contribution in [0, 0.1) is 11.7 Å². The summed E-state index contributed by atoms with van der Waals surface area (Å²) in [5.41, 5.74) is 0.947. The number of carbonyl (C=O) groups is 2. The molecule has 0 aliphatic carbocycles. The first-order valence-electron chi connectivity index (χ1n) is 9.29. The van der Waals surface area contributed by atoms with E-state index in [4.69, 9.17) is 0 Å². The molecule has 1 aliphatic heterocycles. The monoisotopic (exact) mass is 397 g/mol. The van der Waals surface area contributed by atoms with Crippen LogP contribution in [0.3, 0.4) is 0 Å². The number of nitrogens with one attached hydrogen (secondary N) is 1. The van der Waals surface area contributed by atoms with Gasteiger partial charge in [0.25, 0.3) is 11.8 Å². The second-order valence-electron chi connectivity index (χ2n) is 6.91. The average Bonchev–Trinajstić information content (AvgIpc) is 3.17. The first-order chi connectivity index (χ1) is 13.6. The quantitative estimate of drug-likeness (QED) is 0.730. The van der Waals surface area contributed by atoms with E-state index in [2.05, 4.69) is 10.3 Å². The Morgan fingerprint density at radius 1 is 1.11 bits per heavy atom. The van der Waals surface area contributed by atoms with Gasteiger partial charge in [0.2, 0.25) is 0 Å². The number of nitrogens with zero attached hydrogens (tertiary/aromatic N) is 2. The fraction of sp³-hybridized carbons (Fsp3) is 0.286. The highest BCUT2D eigenvalue weighted by Gasteiger charge is 2.25. The maximum Gasteiger partial charge on any atom is 0.280 e. The second-order valence-corrected chi connectivity index (χ2v) is 7.94. The van der Waals surface area contributed by atoms with Crippen LogP contribution in [0.25, 0.3) is 10.2 Å². The Balaban J connectivity index is 1.29. The van der Waals surface area contributed by atoms with Crippen molar-refractivity contribution < 1.29 is 14.0 Å². The summed E-state index contributed by atoms with van der Waals surface area (Å²) in [6.45, 7) is 1.68. The minimum absolute atomic E-state index is 0.116. The zero-order valence-electron chi connectivity index (χ0n) is 15.2. The van der Waals surface area contributed by atoms with Crippen molar-refractivity contribution in [2.75, 3.05) is 19.6 Å². The molecule has 1 fully saturated rings. The normalized spacial score (nSPS) is 15.0. The molecule has 4 rings (SSSR count). The molecule has 2 heterocycles. The Hall–Kier alpha value is -2.80. The number of fused-ring (bicyclic) bond motifs is 1. The van der Waals surface area contributed by atoms with Crippen molar-refractivity contribution in [3.05, 3.63) is 64.9 Å². The van der Waals surface area contributed by atoms with Crippen LogP contribution < -0.4 is 5.32 Å². The maximum absolute atomic E-state index is 13.8. The van der Waals surface area contributed by atoms with Crippen LogP contribution in [0.15, 0.2) is 48.5 Å². The summed E-state index contributed by atoms with van der Waals surface area (Å²) in [5.74, 6) is -0.623. The number of carbonyl (C=O) groups excluding carboxylic acids is 2. The highest BCUT2D eigenvalue weighted by molar-refractivity contribution is 7.20. The average molecular weight is 397 g/mol. The third-order valence-corrected chi connectivity index (χ3v) is 6.08. The zero-order chi connectivity index (χ0) is 19.5. The number of hydrogen-bond donors (Lipinski definition) is 1. The lowest BCUT2D eigenvalue weighted by Gasteiger charge is -2.32. The van der Waals surface area contributed by atoms with E-state index in [-0.39, 0.29) is 17.4 Å². The van der Waals surface area contributed by atoms with Crippen molar-refractivity contribution in [2.24, 2.45) is 5.92 Å². The predicted octanol–water partition coefficient (Wildman–Crippen LogP) is 3.72. The Kier molecular flexibility index (Phi) is 5.34. The number of para-hydroxylation sites is 1. The molecule has 144 valence electrons. The van der Waals surface area contributed by atoms with Crippen LogP contribution in [-0.2, 0) is 0 Å². The van der Waals surface area contributed by atoms with Gasteiger partial charge in [-0.05, 0) is 43.0 Å². The number of thiazole rings is 1. The van der Waals surface area contributed by atoms with Crippen molar-refractivity contribution >= 4 is 33.4 Å². The molecule has 3 aromatic rings. The fourth-order valence-corrected chi connectivity index (χ4v) is 4.31. The van der Waals surface area contributed by atoms with E-state index in [1.807, 2.05) is 24.3 Å². The molecule has 0 saturated carbocycles. The van der Waals surface area contributed by atoms with Crippen molar-refractivity contribution in [3.63, 3.8) is 0 Å². The smallest absolute Gasteiger partial charge is 0.280 e. The molecule has 7 heteroatoms. The van der Waals surface area contributed by atoms with Gasteiger partial charge in [-0.3, -0.25) is 9.59 Å². The van der Waals surface area contributed by atoms with Crippen LogP contribution in [0.2, 0.25) is 0 Å². The SMILES string of the molecule is O=C(NCC1CCN(C(=O)c2ccccc2F)CC1)c1nc2ccccc2s1. The second kappa shape index (κ2) is 8.06. The van der Waals surface area contributed by atoms with Crippen molar-refractivity contribution in [2.45, 2.75) is 12.8 Å². The molecular weight excluding hydrogens is 377 g/mol. The van der Waals surface area contributed by atoms with Crippen molar-refractivity contribution in [1.29, 1.82) is 0 Å². The number of likely N-dealkylation sites (tertiary alicyclic amines) is 1. The molecule has 2 aromatic carbocycles. The van der Waals surface area contributed by atoms with Crippen LogP contribution in [0.4, 0.5) is 4.39 Å². The maximum atomic E-state index is 13.8. The van der Waals surface area contributed by atoms with Gasteiger partial charge in [-0.15, -0.1) is 11.3 Å². The molecule has 28 heavy (non-hydrogen) atoms. The minimum atomic E-state index is -0.488. The Morgan fingerprint density at radius 3 is 2.57 bits per heavy atom. The summed E-state index contributed by atoms with van der Waals surface area (Å²) in [4.78, 5) is 30.9. The van der Waals surface area contributed by atoms with E-state index in [9.17, 15) is 14.0 Å². The molecule has 5 nitrogen and oxygen atoms in total. The summed E-state index contributed by atoms with van der Waals surface area (Å²) in [6.07, 6.45) is 1.56. The molecule has 0 spiro atoms. The number of halogens is 1. The Bertz CT molecular complexity index is 979. The first-order valence-corrected chi connectivity index (χ1v) is 10.1. The predicted molar refractivity (Wildman–Crippen MR) is 107 cm³/mol. The number of benzene rings is 2. The molecule has 2 amide bonds. The summed E-state index contributed by atoms with van der Waals surface area (Å²) in [7, 11) is 0. The topological polar surface area (TPSA) is 62.3 Å². The van der Waals surface area contributed by atoms with Gasteiger partial charge in [0.15, 0.2) is 5.01 Å². The number of rotatable bonds is 4. The van der Waals surface area contributed by atoms with Gasteiger partial charge in [-0.25, -0.2) is 9.37 Å². The summed E-state index contributed by atoms with van der Waals surface area (Å²) >= 11 is 1.38. The van der Waals surface area contributed by atoms with Crippen LogP contribution in [-0.4, -0.2) is 41.3 Å². The molecule has 0 bridgehead atoms. The molecular formula is C21H20FN3O2S. The molecule has 1 N–H and O–H groups in total. The van der Waals surface area contributed by atoms with Crippen LogP contribution >= 0.6 is 11.3 Å². The van der Waals surface area contributed by atoms with Crippen molar-refractivity contribution in [1.82, 2.24) is 15.2 Å². The summed E-state index contributed by atoms with van der Waals surface area (Å²) in [5, 5.41) is 3.43. The Labute approximate surface area is 166 Å². The number of piperidine rings is 1. The van der Waals surface area contributed by atoms with E-state index in [1.165, 1.54) is 23.5 Å². The third-order valence-electron chi connectivity index (χ3n) is 5.05. The van der Waals surface area contributed by atoms with Gasteiger partial charge in [0, 0.05) is 19.6 Å².